The van der Waals surface area contributed by atoms with Gasteiger partial charge in [0.05, 0.1) is 6.04 Å². The van der Waals surface area contributed by atoms with Crippen LogP contribution < -0.4 is 11.3 Å². The molecule has 1 aliphatic rings. The molecular weight excluding hydrogens is 214 g/mol. The Morgan fingerprint density at radius 1 is 1.41 bits per heavy atom. The summed E-state index contributed by atoms with van der Waals surface area (Å²) >= 11 is 0. The van der Waals surface area contributed by atoms with Crippen LogP contribution in [0.1, 0.15) is 46.5 Å². The Balaban J connectivity index is 2.65. The molecule has 3 N–H and O–H groups in total. The van der Waals surface area contributed by atoms with Crippen molar-refractivity contribution in [1.29, 1.82) is 0 Å². The summed E-state index contributed by atoms with van der Waals surface area (Å²) in [6.45, 7) is 8.47. The third-order valence-corrected chi connectivity index (χ3v) is 3.90. The second-order valence-electron chi connectivity index (χ2n) is 5.44. The van der Waals surface area contributed by atoms with E-state index in [1.807, 2.05) is 0 Å². The SMILES string of the molecule is CCC1CCCN(C(C(=O)NN)C(C)C)CC1. The summed E-state index contributed by atoms with van der Waals surface area (Å²) in [5.41, 5.74) is 2.31. The monoisotopic (exact) mass is 241 g/mol. The Kier molecular flexibility index (Phi) is 5.92. The second kappa shape index (κ2) is 6.97. The van der Waals surface area contributed by atoms with E-state index in [-0.39, 0.29) is 11.9 Å². The van der Waals surface area contributed by atoms with Gasteiger partial charge in [-0.3, -0.25) is 15.1 Å². The van der Waals surface area contributed by atoms with E-state index in [2.05, 4.69) is 31.1 Å². The molecule has 0 spiro atoms. The van der Waals surface area contributed by atoms with Gasteiger partial charge in [0.25, 0.3) is 5.91 Å². The van der Waals surface area contributed by atoms with Crippen molar-refractivity contribution < 1.29 is 4.79 Å². The van der Waals surface area contributed by atoms with Crippen LogP contribution >= 0.6 is 0 Å². The van der Waals surface area contributed by atoms with Crippen molar-refractivity contribution in [1.82, 2.24) is 10.3 Å². The first-order valence-corrected chi connectivity index (χ1v) is 6.84. The van der Waals surface area contributed by atoms with E-state index in [1.54, 1.807) is 0 Å². The maximum absolute atomic E-state index is 11.8. The fraction of sp³-hybridized carbons (Fsp3) is 0.923. The van der Waals surface area contributed by atoms with Crippen LogP contribution in [0.15, 0.2) is 0 Å². The van der Waals surface area contributed by atoms with Crippen LogP contribution in [0.3, 0.4) is 0 Å². The fourth-order valence-electron chi connectivity index (χ4n) is 2.85. The van der Waals surface area contributed by atoms with Crippen molar-refractivity contribution >= 4 is 5.91 Å². The van der Waals surface area contributed by atoms with E-state index in [1.165, 1.54) is 25.7 Å². The predicted molar refractivity (Wildman–Crippen MR) is 70.2 cm³/mol. The Bertz CT molecular complexity index is 243. The molecule has 1 fully saturated rings. The summed E-state index contributed by atoms with van der Waals surface area (Å²) in [6.07, 6.45) is 4.95. The molecular formula is C13H27N3O. The van der Waals surface area contributed by atoms with E-state index in [4.69, 9.17) is 5.84 Å². The van der Waals surface area contributed by atoms with Crippen molar-refractivity contribution in [3.63, 3.8) is 0 Å². The number of hydrogen-bond donors (Lipinski definition) is 2. The van der Waals surface area contributed by atoms with Gasteiger partial charge in [-0.25, -0.2) is 5.84 Å². The zero-order chi connectivity index (χ0) is 12.8. The standard InChI is InChI=1S/C13H27N3O/c1-4-11-6-5-8-16(9-7-11)12(10(2)3)13(17)15-14/h10-12H,4-9,14H2,1-3H3,(H,15,17). The van der Waals surface area contributed by atoms with Gasteiger partial charge in [0.1, 0.15) is 0 Å². The zero-order valence-electron chi connectivity index (χ0n) is 11.4. The number of rotatable bonds is 4. The predicted octanol–water partition coefficient (Wildman–Crippen LogP) is 1.51. The van der Waals surface area contributed by atoms with Crippen LogP contribution in [0.4, 0.5) is 0 Å². The summed E-state index contributed by atoms with van der Waals surface area (Å²) in [7, 11) is 0. The number of amides is 1. The molecule has 1 rings (SSSR count). The lowest BCUT2D eigenvalue weighted by atomic mass is 9.98. The minimum absolute atomic E-state index is 0.0463. The normalized spacial score (nSPS) is 24.4. The summed E-state index contributed by atoms with van der Waals surface area (Å²) in [5, 5.41) is 0. The average molecular weight is 241 g/mol. The third kappa shape index (κ3) is 3.96. The number of nitrogens with zero attached hydrogens (tertiary/aromatic N) is 1. The maximum atomic E-state index is 11.8. The average Bonchev–Trinajstić information content (AvgIpc) is 2.54. The van der Waals surface area contributed by atoms with Gasteiger partial charge in [-0.2, -0.15) is 0 Å². The molecule has 0 aromatic carbocycles. The minimum atomic E-state index is -0.0735. The summed E-state index contributed by atoms with van der Waals surface area (Å²) in [6, 6.07) is -0.0735. The Morgan fingerprint density at radius 3 is 2.65 bits per heavy atom. The molecule has 0 bridgehead atoms. The largest absolute Gasteiger partial charge is 0.293 e. The van der Waals surface area contributed by atoms with E-state index >= 15 is 0 Å². The van der Waals surface area contributed by atoms with E-state index in [0.717, 1.165) is 19.0 Å². The van der Waals surface area contributed by atoms with E-state index < -0.39 is 0 Å². The summed E-state index contributed by atoms with van der Waals surface area (Å²) < 4.78 is 0. The second-order valence-corrected chi connectivity index (χ2v) is 5.44. The molecule has 0 aromatic rings. The first kappa shape index (κ1) is 14.5. The Morgan fingerprint density at radius 2 is 2.12 bits per heavy atom. The lowest BCUT2D eigenvalue weighted by Crippen LogP contribution is -2.52. The zero-order valence-corrected chi connectivity index (χ0v) is 11.4. The molecule has 100 valence electrons. The molecule has 1 amide bonds. The summed E-state index contributed by atoms with van der Waals surface area (Å²) in [5.74, 6) is 6.37. The van der Waals surface area contributed by atoms with Crippen LogP contribution in [0.25, 0.3) is 0 Å². The van der Waals surface area contributed by atoms with Crippen LogP contribution in [-0.4, -0.2) is 29.9 Å². The molecule has 4 heteroatoms. The van der Waals surface area contributed by atoms with Gasteiger partial charge < -0.3 is 0 Å². The van der Waals surface area contributed by atoms with Gasteiger partial charge in [0.15, 0.2) is 0 Å². The van der Waals surface area contributed by atoms with Crippen molar-refractivity contribution in [3.05, 3.63) is 0 Å². The molecule has 0 aromatic heterocycles. The molecule has 0 radical (unpaired) electrons. The van der Waals surface area contributed by atoms with Gasteiger partial charge in [-0.15, -0.1) is 0 Å². The minimum Gasteiger partial charge on any atom is -0.293 e. The number of nitrogens with one attached hydrogen (secondary N) is 1. The third-order valence-electron chi connectivity index (χ3n) is 3.90. The molecule has 2 unspecified atom stereocenters. The highest BCUT2D eigenvalue weighted by Gasteiger charge is 2.29. The number of hydrogen-bond acceptors (Lipinski definition) is 3. The topological polar surface area (TPSA) is 58.4 Å². The van der Waals surface area contributed by atoms with Gasteiger partial charge >= 0.3 is 0 Å². The lowest BCUT2D eigenvalue weighted by Gasteiger charge is -2.31. The summed E-state index contributed by atoms with van der Waals surface area (Å²) in [4.78, 5) is 14.1. The molecule has 0 aliphatic carbocycles. The van der Waals surface area contributed by atoms with E-state index in [9.17, 15) is 4.79 Å². The smallest absolute Gasteiger partial charge is 0.251 e. The van der Waals surface area contributed by atoms with Gasteiger partial charge in [-0.05, 0) is 44.2 Å². The number of hydrazine groups is 1. The fourth-order valence-corrected chi connectivity index (χ4v) is 2.85. The van der Waals surface area contributed by atoms with Gasteiger partial charge in [0.2, 0.25) is 0 Å². The molecule has 17 heavy (non-hydrogen) atoms. The van der Waals surface area contributed by atoms with Crippen LogP contribution in [-0.2, 0) is 4.79 Å². The van der Waals surface area contributed by atoms with Crippen molar-refractivity contribution in [3.8, 4) is 0 Å². The highest BCUT2D eigenvalue weighted by Crippen LogP contribution is 2.23. The van der Waals surface area contributed by atoms with Crippen LogP contribution in [0, 0.1) is 11.8 Å². The molecule has 1 heterocycles. The number of carbonyl (C=O) groups is 1. The van der Waals surface area contributed by atoms with Crippen molar-refractivity contribution in [2.45, 2.75) is 52.5 Å². The first-order chi connectivity index (χ1) is 8.10. The van der Waals surface area contributed by atoms with Crippen molar-refractivity contribution in [2.75, 3.05) is 13.1 Å². The highest BCUT2D eigenvalue weighted by molar-refractivity contribution is 5.81. The molecule has 2 atom stereocenters. The van der Waals surface area contributed by atoms with Gasteiger partial charge in [0, 0.05) is 0 Å². The van der Waals surface area contributed by atoms with Crippen molar-refractivity contribution in [2.24, 2.45) is 17.7 Å². The maximum Gasteiger partial charge on any atom is 0.251 e. The van der Waals surface area contributed by atoms with Gasteiger partial charge in [-0.1, -0.05) is 27.2 Å². The number of likely N-dealkylation sites (tertiary alicyclic amines) is 1. The lowest BCUT2D eigenvalue weighted by molar-refractivity contribution is -0.128. The highest BCUT2D eigenvalue weighted by atomic mass is 16.2. The van der Waals surface area contributed by atoms with E-state index in [0.29, 0.717) is 5.92 Å². The number of carbonyl (C=O) groups excluding carboxylic acids is 1. The Hall–Kier alpha value is -0.610. The first-order valence-electron chi connectivity index (χ1n) is 6.84. The molecule has 1 saturated heterocycles. The molecule has 1 aliphatic heterocycles. The molecule has 4 nitrogen and oxygen atoms in total. The van der Waals surface area contributed by atoms with Crippen LogP contribution in [0.2, 0.25) is 0 Å². The quantitative estimate of drug-likeness (QED) is 0.445. The van der Waals surface area contributed by atoms with Crippen LogP contribution in [0.5, 0.6) is 0 Å². The Labute approximate surface area is 105 Å². The molecule has 0 saturated carbocycles. The number of nitrogens with two attached hydrogens (primary N) is 1.